The first-order chi connectivity index (χ1) is 11.1. The van der Waals surface area contributed by atoms with Gasteiger partial charge in [-0.2, -0.15) is 0 Å². The molecule has 24 heavy (non-hydrogen) atoms. The van der Waals surface area contributed by atoms with Crippen molar-refractivity contribution in [3.05, 3.63) is 21.9 Å². The highest BCUT2D eigenvalue weighted by Crippen LogP contribution is 2.15. The van der Waals surface area contributed by atoms with Gasteiger partial charge in [0.2, 0.25) is 0 Å². The van der Waals surface area contributed by atoms with Crippen molar-refractivity contribution < 1.29 is 4.74 Å². The quantitative estimate of drug-likeness (QED) is 0.385. The minimum absolute atomic E-state index is 0. The molecule has 138 valence electrons. The summed E-state index contributed by atoms with van der Waals surface area (Å²) in [6.07, 6.45) is 0. The summed E-state index contributed by atoms with van der Waals surface area (Å²) in [5.74, 6) is 0.895. The van der Waals surface area contributed by atoms with Crippen LogP contribution in [-0.2, 0) is 11.3 Å². The molecule has 0 amide bonds. The number of nitrogens with one attached hydrogen (secondary N) is 2. The Balaban J connectivity index is 0.00000288. The summed E-state index contributed by atoms with van der Waals surface area (Å²) >= 11 is 1.81. The number of thiophene rings is 1. The lowest BCUT2D eigenvalue weighted by molar-refractivity contribution is -0.0174. The molecule has 0 aliphatic carbocycles. The molecular weight excluding hydrogens is 435 g/mol. The number of nitrogens with zero attached hydrogens (tertiary/aromatic N) is 2. The SMILES string of the molecule is CCNC(=NCc1ccc(C)s1)NCC(C)N1CCOCC1C.I. The van der Waals surface area contributed by atoms with Gasteiger partial charge in [0.1, 0.15) is 0 Å². The Labute approximate surface area is 167 Å². The summed E-state index contributed by atoms with van der Waals surface area (Å²) in [7, 11) is 0. The topological polar surface area (TPSA) is 48.9 Å². The summed E-state index contributed by atoms with van der Waals surface area (Å²) in [4.78, 5) is 9.83. The smallest absolute Gasteiger partial charge is 0.191 e. The molecule has 1 fully saturated rings. The average Bonchev–Trinajstić information content (AvgIpc) is 2.95. The highest BCUT2D eigenvalue weighted by molar-refractivity contribution is 14.0. The van der Waals surface area contributed by atoms with Gasteiger partial charge < -0.3 is 15.4 Å². The van der Waals surface area contributed by atoms with E-state index in [0.29, 0.717) is 12.1 Å². The maximum absolute atomic E-state index is 5.52. The van der Waals surface area contributed by atoms with Crippen molar-refractivity contribution in [3.8, 4) is 0 Å². The summed E-state index contributed by atoms with van der Waals surface area (Å²) < 4.78 is 5.52. The van der Waals surface area contributed by atoms with Gasteiger partial charge in [-0.25, -0.2) is 4.99 Å². The van der Waals surface area contributed by atoms with Crippen molar-refractivity contribution in [3.63, 3.8) is 0 Å². The fourth-order valence-corrected chi connectivity index (χ4v) is 3.64. The Morgan fingerprint density at radius 1 is 1.46 bits per heavy atom. The predicted molar refractivity (Wildman–Crippen MR) is 114 cm³/mol. The fraction of sp³-hybridized carbons (Fsp3) is 0.706. The number of ether oxygens (including phenoxy) is 1. The molecule has 1 aliphatic heterocycles. The first-order valence-electron chi connectivity index (χ1n) is 8.51. The molecule has 0 saturated carbocycles. The Hall–Kier alpha value is -0.380. The number of hydrogen-bond acceptors (Lipinski definition) is 4. The van der Waals surface area contributed by atoms with Crippen molar-refractivity contribution in [2.45, 2.75) is 46.3 Å². The van der Waals surface area contributed by atoms with E-state index in [1.54, 1.807) is 0 Å². The minimum Gasteiger partial charge on any atom is -0.379 e. The molecule has 2 atom stereocenters. The second kappa shape index (κ2) is 11.3. The van der Waals surface area contributed by atoms with Gasteiger partial charge in [-0.3, -0.25) is 4.90 Å². The van der Waals surface area contributed by atoms with E-state index >= 15 is 0 Å². The van der Waals surface area contributed by atoms with E-state index in [4.69, 9.17) is 9.73 Å². The van der Waals surface area contributed by atoms with Crippen LogP contribution in [0.2, 0.25) is 0 Å². The minimum atomic E-state index is 0. The van der Waals surface area contributed by atoms with Gasteiger partial charge in [0, 0.05) is 41.5 Å². The van der Waals surface area contributed by atoms with Crippen LogP contribution >= 0.6 is 35.3 Å². The van der Waals surface area contributed by atoms with E-state index in [1.165, 1.54) is 9.75 Å². The van der Waals surface area contributed by atoms with Gasteiger partial charge >= 0.3 is 0 Å². The standard InChI is InChI=1S/C17H30N4OS.HI/c1-5-18-17(20-11-16-7-6-15(4)23-16)19-10-13(2)21-8-9-22-12-14(21)3;/h6-7,13-14H,5,8-12H2,1-4H3,(H2,18,19,20);1H. The molecule has 2 unspecified atom stereocenters. The lowest BCUT2D eigenvalue weighted by atomic mass is 10.2. The zero-order chi connectivity index (χ0) is 16.7. The van der Waals surface area contributed by atoms with E-state index in [9.17, 15) is 0 Å². The zero-order valence-electron chi connectivity index (χ0n) is 15.2. The number of aliphatic imine (C=N–C) groups is 1. The fourth-order valence-electron chi connectivity index (χ4n) is 2.83. The maximum Gasteiger partial charge on any atom is 0.191 e. The first kappa shape index (κ1) is 21.7. The predicted octanol–water partition coefficient (Wildman–Crippen LogP) is 2.84. The normalized spacial score (nSPS) is 20.3. The molecule has 2 heterocycles. The summed E-state index contributed by atoms with van der Waals surface area (Å²) in [6, 6.07) is 5.25. The van der Waals surface area contributed by atoms with E-state index in [-0.39, 0.29) is 24.0 Å². The molecule has 1 aromatic heterocycles. The Morgan fingerprint density at radius 3 is 2.88 bits per heavy atom. The number of halogens is 1. The molecule has 0 bridgehead atoms. The number of morpholine rings is 1. The zero-order valence-corrected chi connectivity index (χ0v) is 18.3. The largest absolute Gasteiger partial charge is 0.379 e. The lowest BCUT2D eigenvalue weighted by Crippen LogP contribution is -2.53. The van der Waals surface area contributed by atoms with Crippen LogP contribution in [0.3, 0.4) is 0 Å². The van der Waals surface area contributed by atoms with Gasteiger partial charge in [-0.1, -0.05) is 0 Å². The van der Waals surface area contributed by atoms with Crippen LogP contribution < -0.4 is 10.6 Å². The van der Waals surface area contributed by atoms with Crippen LogP contribution in [0.1, 0.15) is 30.5 Å². The van der Waals surface area contributed by atoms with Crippen molar-refractivity contribution in [1.82, 2.24) is 15.5 Å². The maximum atomic E-state index is 5.52. The summed E-state index contributed by atoms with van der Waals surface area (Å²) in [5, 5.41) is 6.81. The average molecular weight is 466 g/mol. The monoisotopic (exact) mass is 466 g/mol. The molecule has 0 spiro atoms. The van der Waals surface area contributed by atoms with Crippen molar-refractivity contribution in [1.29, 1.82) is 0 Å². The molecule has 0 radical (unpaired) electrons. The summed E-state index contributed by atoms with van der Waals surface area (Å²) in [6.45, 7) is 13.9. The van der Waals surface area contributed by atoms with Gasteiger partial charge in [-0.15, -0.1) is 35.3 Å². The molecule has 2 N–H and O–H groups in total. The van der Waals surface area contributed by atoms with E-state index in [0.717, 1.165) is 45.4 Å². The Kier molecular flexibility index (Phi) is 10.2. The molecule has 1 aromatic rings. The van der Waals surface area contributed by atoms with Gasteiger partial charge in [0.25, 0.3) is 0 Å². The van der Waals surface area contributed by atoms with Crippen LogP contribution in [0.5, 0.6) is 0 Å². The van der Waals surface area contributed by atoms with E-state index in [2.05, 4.69) is 55.4 Å². The van der Waals surface area contributed by atoms with Crippen molar-refractivity contribution >= 4 is 41.3 Å². The van der Waals surface area contributed by atoms with Crippen LogP contribution in [0, 0.1) is 6.92 Å². The number of aryl methyl sites for hydroxylation is 1. The summed E-state index contributed by atoms with van der Waals surface area (Å²) in [5.41, 5.74) is 0. The van der Waals surface area contributed by atoms with Gasteiger partial charge in [0.15, 0.2) is 5.96 Å². The third-order valence-electron chi connectivity index (χ3n) is 4.08. The lowest BCUT2D eigenvalue weighted by Gasteiger charge is -2.38. The third-order valence-corrected chi connectivity index (χ3v) is 5.07. The number of rotatable bonds is 6. The Bertz CT molecular complexity index is 509. The molecule has 5 nitrogen and oxygen atoms in total. The molecule has 1 saturated heterocycles. The van der Waals surface area contributed by atoms with Crippen molar-refractivity contribution in [2.75, 3.05) is 32.8 Å². The van der Waals surface area contributed by atoms with Gasteiger partial charge in [-0.05, 0) is 39.8 Å². The second-order valence-electron chi connectivity index (χ2n) is 6.10. The van der Waals surface area contributed by atoms with Crippen LogP contribution in [0.15, 0.2) is 17.1 Å². The van der Waals surface area contributed by atoms with E-state index in [1.807, 2.05) is 11.3 Å². The molecule has 1 aliphatic rings. The highest BCUT2D eigenvalue weighted by atomic mass is 127. The Morgan fingerprint density at radius 2 is 2.25 bits per heavy atom. The van der Waals surface area contributed by atoms with Gasteiger partial charge in [0.05, 0.1) is 19.8 Å². The van der Waals surface area contributed by atoms with Crippen LogP contribution in [-0.4, -0.2) is 55.8 Å². The third kappa shape index (κ3) is 6.85. The van der Waals surface area contributed by atoms with Crippen LogP contribution in [0.4, 0.5) is 0 Å². The van der Waals surface area contributed by atoms with Crippen LogP contribution in [0.25, 0.3) is 0 Å². The van der Waals surface area contributed by atoms with E-state index < -0.39 is 0 Å². The number of hydrogen-bond donors (Lipinski definition) is 2. The molecule has 2 rings (SSSR count). The highest BCUT2D eigenvalue weighted by Gasteiger charge is 2.23. The molecular formula is C17H31IN4OS. The number of guanidine groups is 1. The molecule has 0 aromatic carbocycles. The van der Waals surface area contributed by atoms with Crippen molar-refractivity contribution in [2.24, 2.45) is 4.99 Å². The molecule has 7 heteroatoms. The second-order valence-corrected chi connectivity index (χ2v) is 7.47. The first-order valence-corrected chi connectivity index (χ1v) is 9.32.